The van der Waals surface area contributed by atoms with E-state index in [1.54, 1.807) is 0 Å². The zero-order chi connectivity index (χ0) is 11.8. The molecule has 1 aromatic heterocycles. The van der Waals surface area contributed by atoms with Gasteiger partial charge in [0.05, 0.1) is 11.3 Å². The van der Waals surface area contributed by atoms with Crippen molar-refractivity contribution in [2.45, 2.75) is 5.92 Å². The lowest BCUT2D eigenvalue weighted by atomic mass is 10.00. The summed E-state index contributed by atoms with van der Waals surface area (Å²) in [6.45, 7) is 2.06. The van der Waals surface area contributed by atoms with Crippen LogP contribution in [0, 0.1) is 0 Å². The second-order valence-electron chi connectivity index (χ2n) is 4.14. The molecule has 1 aromatic carbocycles. The van der Waals surface area contributed by atoms with Crippen molar-refractivity contribution < 1.29 is 0 Å². The quantitative estimate of drug-likeness (QED) is 0.924. The molecule has 17 heavy (non-hydrogen) atoms. The van der Waals surface area contributed by atoms with Gasteiger partial charge in [0, 0.05) is 41.1 Å². The Hall–Kier alpha value is -0.840. The van der Waals surface area contributed by atoms with Crippen molar-refractivity contribution in [2.75, 3.05) is 13.1 Å². The number of nitrogens with zero attached hydrogens (tertiary/aromatic N) is 2. The molecule has 2 heterocycles. The minimum atomic E-state index is 0.562. The van der Waals surface area contributed by atoms with Gasteiger partial charge in [-0.15, -0.1) is 0 Å². The summed E-state index contributed by atoms with van der Waals surface area (Å²) in [6.07, 6.45) is 3.79. The van der Waals surface area contributed by atoms with E-state index in [2.05, 4.69) is 30.8 Å². The molecule has 1 N–H and O–H groups in total. The van der Waals surface area contributed by atoms with E-state index in [9.17, 15) is 0 Å². The SMILES string of the molecule is Clc1ccc(-n2cncc2C2CNC2)cc1Br. The van der Waals surface area contributed by atoms with Gasteiger partial charge in [-0.2, -0.15) is 0 Å². The van der Waals surface area contributed by atoms with Crippen LogP contribution in [-0.2, 0) is 0 Å². The van der Waals surface area contributed by atoms with Crippen molar-refractivity contribution in [2.24, 2.45) is 0 Å². The second-order valence-corrected chi connectivity index (χ2v) is 5.40. The molecule has 3 nitrogen and oxygen atoms in total. The van der Waals surface area contributed by atoms with Crippen molar-refractivity contribution in [3.8, 4) is 5.69 Å². The van der Waals surface area contributed by atoms with Crippen LogP contribution in [0.5, 0.6) is 0 Å². The van der Waals surface area contributed by atoms with Gasteiger partial charge in [0.25, 0.3) is 0 Å². The summed E-state index contributed by atoms with van der Waals surface area (Å²) in [5.41, 5.74) is 2.33. The number of rotatable bonds is 2. The van der Waals surface area contributed by atoms with Crippen molar-refractivity contribution >= 4 is 27.5 Å². The van der Waals surface area contributed by atoms with Crippen molar-refractivity contribution in [3.05, 3.63) is 45.9 Å². The van der Waals surface area contributed by atoms with Gasteiger partial charge in [-0.1, -0.05) is 11.6 Å². The summed E-state index contributed by atoms with van der Waals surface area (Å²) in [6, 6.07) is 5.91. The summed E-state index contributed by atoms with van der Waals surface area (Å²) < 4.78 is 3.02. The zero-order valence-electron chi connectivity index (χ0n) is 9.03. The van der Waals surface area contributed by atoms with Gasteiger partial charge in [-0.25, -0.2) is 4.98 Å². The second kappa shape index (κ2) is 4.44. The predicted octanol–water partition coefficient (Wildman–Crippen LogP) is 2.98. The zero-order valence-corrected chi connectivity index (χ0v) is 11.4. The monoisotopic (exact) mass is 311 g/mol. The van der Waals surface area contributed by atoms with E-state index in [1.807, 2.05) is 30.7 Å². The molecule has 2 aromatic rings. The first-order chi connectivity index (χ1) is 8.25. The third kappa shape index (κ3) is 2.01. The largest absolute Gasteiger partial charge is 0.315 e. The van der Waals surface area contributed by atoms with E-state index in [1.165, 1.54) is 5.69 Å². The van der Waals surface area contributed by atoms with Gasteiger partial charge in [0.2, 0.25) is 0 Å². The highest BCUT2D eigenvalue weighted by molar-refractivity contribution is 9.10. The van der Waals surface area contributed by atoms with Gasteiger partial charge in [0.15, 0.2) is 0 Å². The fourth-order valence-corrected chi connectivity index (χ4v) is 2.44. The Labute approximate surface area is 113 Å². The molecule has 0 spiro atoms. The standard InChI is InChI=1S/C12H11BrClN3/c13-10-3-9(1-2-11(10)14)17-7-16-6-12(17)8-4-15-5-8/h1-3,6-8,15H,4-5H2. The topological polar surface area (TPSA) is 29.9 Å². The molecular formula is C12H11BrClN3. The van der Waals surface area contributed by atoms with Crippen LogP contribution in [0.3, 0.4) is 0 Å². The number of aromatic nitrogens is 2. The van der Waals surface area contributed by atoms with Crippen LogP contribution in [0.4, 0.5) is 0 Å². The summed E-state index contributed by atoms with van der Waals surface area (Å²) in [5.74, 6) is 0.562. The summed E-state index contributed by atoms with van der Waals surface area (Å²) in [7, 11) is 0. The summed E-state index contributed by atoms with van der Waals surface area (Å²) >= 11 is 9.45. The van der Waals surface area contributed by atoms with Crippen molar-refractivity contribution in [1.29, 1.82) is 0 Å². The maximum atomic E-state index is 6.00. The first-order valence-corrected chi connectivity index (χ1v) is 6.61. The summed E-state index contributed by atoms with van der Waals surface area (Å²) in [4.78, 5) is 4.24. The number of hydrogen-bond acceptors (Lipinski definition) is 2. The van der Waals surface area contributed by atoms with Gasteiger partial charge in [-0.05, 0) is 34.1 Å². The van der Waals surface area contributed by atoms with E-state index in [0.717, 1.165) is 28.3 Å². The number of halogens is 2. The molecular weight excluding hydrogens is 302 g/mol. The minimum absolute atomic E-state index is 0.562. The number of imidazole rings is 1. The fraction of sp³-hybridized carbons (Fsp3) is 0.250. The van der Waals surface area contributed by atoms with Gasteiger partial charge in [0.1, 0.15) is 0 Å². The molecule has 1 fully saturated rings. The predicted molar refractivity (Wildman–Crippen MR) is 71.9 cm³/mol. The van der Waals surface area contributed by atoms with E-state index in [0.29, 0.717) is 5.92 Å². The highest BCUT2D eigenvalue weighted by atomic mass is 79.9. The maximum absolute atomic E-state index is 6.00. The molecule has 0 bridgehead atoms. The van der Waals surface area contributed by atoms with Crippen LogP contribution in [0.25, 0.3) is 5.69 Å². The Morgan fingerprint density at radius 2 is 2.24 bits per heavy atom. The third-order valence-corrected chi connectivity index (χ3v) is 4.26. The van der Waals surface area contributed by atoms with Crippen LogP contribution in [0.2, 0.25) is 5.02 Å². The highest BCUT2D eigenvalue weighted by Gasteiger charge is 2.22. The smallest absolute Gasteiger partial charge is 0.0994 e. The molecule has 1 aliphatic heterocycles. The number of hydrogen-bond donors (Lipinski definition) is 1. The van der Waals surface area contributed by atoms with E-state index < -0.39 is 0 Å². The van der Waals surface area contributed by atoms with E-state index in [4.69, 9.17) is 11.6 Å². The molecule has 1 saturated heterocycles. The first-order valence-electron chi connectivity index (χ1n) is 5.44. The molecule has 0 radical (unpaired) electrons. The Balaban J connectivity index is 2.02. The summed E-state index contributed by atoms with van der Waals surface area (Å²) in [5, 5.41) is 4.00. The average molecular weight is 313 g/mol. The number of benzene rings is 1. The minimum Gasteiger partial charge on any atom is -0.315 e. The van der Waals surface area contributed by atoms with Crippen LogP contribution in [0.1, 0.15) is 11.6 Å². The Morgan fingerprint density at radius 1 is 1.41 bits per heavy atom. The van der Waals surface area contributed by atoms with Gasteiger partial charge < -0.3 is 9.88 Å². The van der Waals surface area contributed by atoms with Crippen LogP contribution in [-0.4, -0.2) is 22.6 Å². The van der Waals surface area contributed by atoms with E-state index >= 15 is 0 Å². The normalized spacial score (nSPS) is 15.9. The molecule has 5 heteroatoms. The molecule has 3 rings (SSSR count). The number of nitrogens with one attached hydrogen (secondary N) is 1. The highest BCUT2D eigenvalue weighted by Crippen LogP contribution is 2.28. The van der Waals surface area contributed by atoms with Crippen LogP contribution in [0.15, 0.2) is 35.2 Å². The van der Waals surface area contributed by atoms with Gasteiger partial charge in [-0.3, -0.25) is 0 Å². The van der Waals surface area contributed by atoms with Crippen molar-refractivity contribution in [1.82, 2.24) is 14.9 Å². The van der Waals surface area contributed by atoms with Gasteiger partial charge >= 0.3 is 0 Å². The van der Waals surface area contributed by atoms with Crippen molar-refractivity contribution in [3.63, 3.8) is 0 Å². The molecule has 0 saturated carbocycles. The Morgan fingerprint density at radius 3 is 2.88 bits per heavy atom. The first kappa shape index (κ1) is 11.3. The lowest BCUT2D eigenvalue weighted by Gasteiger charge is -2.27. The van der Waals surface area contributed by atoms with Crippen LogP contribution >= 0.6 is 27.5 Å². The Kier molecular flexibility index (Phi) is 2.94. The third-order valence-electron chi connectivity index (χ3n) is 3.05. The van der Waals surface area contributed by atoms with E-state index in [-0.39, 0.29) is 0 Å². The lowest BCUT2D eigenvalue weighted by Crippen LogP contribution is -2.40. The molecule has 0 unspecified atom stereocenters. The fourth-order valence-electron chi connectivity index (χ4n) is 1.96. The molecule has 88 valence electrons. The van der Waals surface area contributed by atoms with Crippen LogP contribution < -0.4 is 5.32 Å². The molecule has 1 aliphatic rings. The molecule has 0 amide bonds. The molecule has 0 aliphatic carbocycles. The lowest BCUT2D eigenvalue weighted by molar-refractivity contribution is 0.435. The Bertz CT molecular complexity index is 548. The maximum Gasteiger partial charge on any atom is 0.0994 e. The molecule has 0 atom stereocenters. The average Bonchev–Trinajstić information content (AvgIpc) is 2.68.